The van der Waals surface area contributed by atoms with E-state index in [1.54, 1.807) is 0 Å². The number of amides is 2. The van der Waals surface area contributed by atoms with Crippen LogP contribution in [0.4, 0.5) is 4.79 Å². The maximum Gasteiger partial charge on any atom is 0.315 e. The Morgan fingerprint density at radius 2 is 2.17 bits per heavy atom. The molecule has 0 aliphatic carbocycles. The van der Waals surface area contributed by atoms with Crippen molar-refractivity contribution in [2.75, 3.05) is 26.2 Å². The molecule has 1 saturated heterocycles. The Hall–Kier alpha value is -1.82. The minimum Gasteiger partial charge on any atom is -0.338 e. The zero-order valence-corrected chi connectivity index (χ0v) is 14.4. The number of H-pyrrole nitrogens is 1. The molecule has 1 aliphatic rings. The third kappa shape index (κ3) is 5.10. The van der Waals surface area contributed by atoms with Gasteiger partial charge in [-0.1, -0.05) is 6.92 Å². The Kier molecular flexibility index (Phi) is 6.21. The van der Waals surface area contributed by atoms with Gasteiger partial charge in [-0.25, -0.2) is 4.79 Å². The highest BCUT2D eigenvalue weighted by atomic mass is 16.2. The van der Waals surface area contributed by atoms with Crippen LogP contribution in [0, 0.1) is 19.8 Å². The Bertz CT molecular complexity index is 597. The topological polar surface area (TPSA) is 77.2 Å². The standard InChI is InChI=1S/C17H28N4O2/c1-4-6-21-7-5-14(11-21)9-18-17(23)19-10-15-12(2)8-13(3)20-16(15)22/h8,14H,4-7,9-11H2,1-3H3,(H,20,22)(H2,18,19,23)/t14-/m1/s1. The molecule has 1 aromatic rings. The molecule has 0 radical (unpaired) electrons. The number of pyridine rings is 1. The second-order valence-corrected chi connectivity index (χ2v) is 6.46. The number of nitrogens with zero attached hydrogens (tertiary/aromatic N) is 1. The molecule has 1 aromatic heterocycles. The summed E-state index contributed by atoms with van der Waals surface area (Å²) in [7, 11) is 0. The number of rotatable bonds is 6. The van der Waals surface area contributed by atoms with Crippen LogP contribution in [0.5, 0.6) is 0 Å². The van der Waals surface area contributed by atoms with Crippen LogP contribution in [0.1, 0.15) is 36.6 Å². The van der Waals surface area contributed by atoms with Crippen LogP contribution >= 0.6 is 0 Å². The van der Waals surface area contributed by atoms with Crippen LogP contribution in [0.25, 0.3) is 0 Å². The van der Waals surface area contributed by atoms with Crippen molar-refractivity contribution >= 4 is 6.03 Å². The highest BCUT2D eigenvalue weighted by Gasteiger charge is 2.21. The molecule has 2 heterocycles. The van der Waals surface area contributed by atoms with Crippen molar-refractivity contribution in [3.63, 3.8) is 0 Å². The van der Waals surface area contributed by atoms with Crippen LogP contribution in [-0.2, 0) is 6.54 Å². The van der Waals surface area contributed by atoms with Crippen LogP contribution in [0.3, 0.4) is 0 Å². The molecular weight excluding hydrogens is 292 g/mol. The van der Waals surface area contributed by atoms with E-state index in [9.17, 15) is 9.59 Å². The number of aromatic nitrogens is 1. The minimum atomic E-state index is -0.210. The van der Waals surface area contributed by atoms with Crippen LogP contribution in [-0.4, -0.2) is 42.1 Å². The third-order valence-corrected chi connectivity index (χ3v) is 4.38. The summed E-state index contributed by atoms with van der Waals surface area (Å²) in [6, 6.07) is 1.70. The number of urea groups is 1. The minimum absolute atomic E-state index is 0.131. The van der Waals surface area contributed by atoms with E-state index in [0.717, 1.165) is 37.3 Å². The van der Waals surface area contributed by atoms with Crippen molar-refractivity contribution in [1.82, 2.24) is 20.5 Å². The largest absolute Gasteiger partial charge is 0.338 e. The maximum absolute atomic E-state index is 11.9. The fourth-order valence-corrected chi connectivity index (χ4v) is 3.17. The molecule has 6 nitrogen and oxygen atoms in total. The number of nitrogens with one attached hydrogen (secondary N) is 3. The summed E-state index contributed by atoms with van der Waals surface area (Å²) >= 11 is 0. The van der Waals surface area contributed by atoms with Crippen molar-refractivity contribution < 1.29 is 4.79 Å². The average molecular weight is 320 g/mol. The Balaban J connectivity index is 1.75. The van der Waals surface area contributed by atoms with E-state index >= 15 is 0 Å². The highest BCUT2D eigenvalue weighted by molar-refractivity contribution is 5.73. The van der Waals surface area contributed by atoms with Gasteiger partial charge in [0.15, 0.2) is 0 Å². The van der Waals surface area contributed by atoms with Crippen molar-refractivity contribution in [2.24, 2.45) is 5.92 Å². The van der Waals surface area contributed by atoms with Crippen LogP contribution in [0.2, 0.25) is 0 Å². The molecule has 1 atom stereocenters. The molecule has 2 amide bonds. The number of hydrogen-bond donors (Lipinski definition) is 3. The Labute approximate surface area is 137 Å². The van der Waals surface area contributed by atoms with E-state index in [0.29, 0.717) is 18.0 Å². The summed E-state index contributed by atoms with van der Waals surface area (Å²) in [4.78, 5) is 29.0. The molecule has 1 aliphatic heterocycles. The van der Waals surface area contributed by atoms with Gasteiger partial charge in [0.05, 0.1) is 6.54 Å². The SMILES string of the molecule is CCCN1CC[C@H](CNC(=O)NCc2c(C)cc(C)[nH]c2=O)C1. The first-order valence-corrected chi connectivity index (χ1v) is 8.43. The van der Waals surface area contributed by atoms with Gasteiger partial charge >= 0.3 is 6.03 Å². The van der Waals surface area contributed by atoms with Gasteiger partial charge in [-0.3, -0.25) is 4.79 Å². The highest BCUT2D eigenvalue weighted by Crippen LogP contribution is 2.15. The number of hydrogen-bond acceptors (Lipinski definition) is 3. The summed E-state index contributed by atoms with van der Waals surface area (Å²) in [5, 5.41) is 5.70. The van der Waals surface area contributed by atoms with Crippen molar-refractivity contribution in [3.05, 3.63) is 33.2 Å². The molecule has 0 unspecified atom stereocenters. The van der Waals surface area contributed by atoms with E-state index in [4.69, 9.17) is 0 Å². The first kappa shape index (κ1) is 17.5. The van der Waals surface area contributed by atoms with Gasteiger partial charge in [0.25, 0.3) is 5.56 Å². The van der Waals surface area contributed by atoms with Crippen molar-refractivity contribution in [2.45, 2.75) is 40.2 Å². The lowest BCUT2D eigenvalue weighted by Crippen LogP contribution is -2.39. The Morgan fingerprint density at radius 3 is 2.87 bits per heavy atom. The number of carbonyl (C=O) groups is 1. The molecule has 23 heavy (non-hydrogen) atoms. The zero-order chi connectivity index (χ0) is 16.8. The summed E-state index contributed by atoms with van der Waals surface area (Å²) in [5.41, 5.74) is 2.21. The first-order chi connectivity index (χ1) is 11.0. The second kappa shape index (κ2) is 8.15. The monoisotopic (exact) mass is 320 g/mol. The quantitative estimate of drug-likeness (QED) is 0.744. The molecule has 0 bridgehead atoms. The fraction of sp³-hybridized carbons (Fsp3) is 0.647. The first-order valence-electron chi connectivity index (χ1n) is 8.43. The van der Waals surface area contributed by atoms with E-state index in [-0.39, 0.29) is 18.1 Å². The van der Waals surface area contributed by atoms with Crippen molar-refractivity contribution in [3.8, 4) is 0 Å². The molecule has 128 valence electrons. The molecule has 2 rings (SSSR count). The van der Waals surface area contributed by atoms with Crippen molar-refractivity contribution in [1.29, 1.82) is 0 Å². The number of carbonyl (C=O) groups excluding carboxylic acids is 1. The van der Waals surface area contributed by atoms with Gasteiger partial charge < -0.3 is 20.5 Å². The zero-order valence-electron chi connectivity index (χ0n) is 14.4. The van der Waals surface area contributed by atoms with Crippen LogP contribution < -0.4 is 16.2 Å². The fourth-order valence-electron chi connectivity index (χ4n) is 3.17. The summed E-state index contributed by atoms with van der Waals surface area (Å²) in [6.07, 6.45) is 2.31. The van der Waals surface area contributed by atoms with Gasteiger partial charge in [-0.15, -0.1) is 0 Å². The molecule has 0 aromatic carbocycles. The lowest BCUT2D eigenvalue weighted by Gasteiger charge is -2.15. The number of aryl methyl sites for hydroxylation is 2. The third-order valence-electron chi connectivity index (χ3n) is 4.38. The predicted molar refractivity (Wildman–Crippen MR) is 91.6 cm³/mol. The Morgan fingerprint density at radius 1 is 1.39 bits per heavy atom. The van der Waals surface area contributed by atoms with Gasteiger partial charge in [0.2, 0.25) is 0 Å². The number of likely N-dealkylation sites (tertiary alicyclic amines) is 1. The van der Waals surface area contributed by atoms with E-state index < -0.39 is 0 Å². The molecular formula is C17H28N4O2. The normalized spacial score (nSPS) is 18.1. The van der Waals surface area contributed by atoms with E-state index in [1.165, 1.54) is 6.42 Å². The summed E-state index contributed by atoms with van der Waals surface area (Å²) < 4.78 is 0. The second-order valence-electron chi connectivity index (χ2n) is 6.46. The lowest BCUT2D eigenvalue weighted by atomic mass is 10.1. The van der Waals surface area contributed by atoms with Crippen LogP contribution in [0.15, 0.2) is 10.9 Å². The predicted octanol–water partition coefficient (Wildman–Crippen LogP) is 1.52. The summed E-state index contributed by atoms with van der Waals surface area (Å²) in [6.45, 7) is 10.2. The molecule has 0 spiro atoms. The van der Waals surface area contributed by atoms with E-state index in [1.807, 2.05) is 19.9 Å². The lowest BCUT2D eigenvalue weighted by molar-refractivity contribution is 0.238. The molecule has 3 N–H and O–H groups in total. The van der Waals surface area contributed by atoms with Gasteiger partial charge in [-0.05, 0) is 57.3 Å². The van der Waals surface area contributed by atoms with Gasteiger partial charge in [0.1, 0.15) is 0 Å². The summed E-state index contributed by atoms with van der Waals surface area (Å²) in [5.74, 6) is 0.525. The van der Waals surface area contributed by atoms with Gasteiger partial charge in [-0.2, -0.15) is 0 Å². The van der Waals surface area contributed by atoms with Gasteiger partial charge in [0, 0.05) is 24.3 Å². The smallest absolute Gasteiger partial charge is 0.315 e. The van der Waals surface area contributed by atoms with E-state index in [2.05, 4.69) is 27.4 Å². The molecule has 0 saturated carbocycles. The average Bonchev–Trinajstić information content (AvgIpc) is 2.92. The number of aromatic amines is 1. The maximum atomic E-state index is 11.9. The molecule has 1 fully saturated rings. The molecule has 6 heteroatoms.